The highest BCUT2D eigenvalue weighted by atomic mass is 35.5. The molecule has 78 valence electrons. The van der Waals surface area contributed by atoms with Gasteiger partial charge in [0.05, 0.1) is 11.8 Å². The number of carbonyl (C=O) groups excluding carboxylic acids is 1. The molecule has 4 nitrogen and oxygen atoms in total. The van der Waals surface area contributed by atoms with Crippen molar-refractivity contribution >= 4 is 17.5 Å². The third kappa shape index (κ3) is 2.49. The zero-order valence-corrected chi connectivity index (χ0v) is 8.89. The first-order valence-electron chi connectivity index (χ1n) is 4.22. The maximum absolute atomic E-state index is 11.6. The first-order valence-corrected chi connectivity index (χ1v) is 4.59. The van der Waals surface area contributed by atoms with Crippen molar-refractivity contribution in [2.45, 2.75) is 19.4 Å². The van der Waals surface area contributed by atoms with Gasteiger partial charge in [-0.25, -0.2) is 0 Å². The number of hydrogen-bond acceptors (Lipinski definition) is 3. The van der Waals surface area contributed by atoms with E-state index in [1.54, 1.807) is 0 Å². The van der Waals surface area contributed by atoms with Crippen molar-refractivity contribution < 1.29 is 9.21 Å². The summed E-state index contributed by atoms with van der Waals surface area (Å²) in [6.07, 6.45) is 1.37. The molecule has 0 fully saturated rings. The number of furan rings is 1. The molecular weight excluding hydrogens is 204 g/mol. The minimum atomic E-state index is -0.447. The van der Waals surface area contributed by atoms with E-state index in [0.717, 1.165) is 0 Å². The molecule has 1 heterocycles. The highest BCUT2D eigenvalue weighted by molar-refractivity contribution is 6.32. The number of rotatable bonds is 3. The van der Waals surface area contributed by atoms with Gasteiger partial charge in [-0.2, -0.15) is 0 Å². The third-order valence-electron chi connectivity index (χ3n) is 1.82. The number of carbonyl (C=O) groups is 1. The minimum Gasteiger partial charge on any atom is -0.452 e. The smallest absolute Gasteiger partial charge is 0.256 e. The molecule has 0 spiro atoms. The van der Waals surface area contributed by atoms with Gasteiger partial charge < -0.3 is 15.5 Å². The molecule has 1 rings (SSSR count). The van der Waals surface area contributed by atoms with Gasteiger partial charge in [0.25, 0.3) is 5.91 Å². The molecule has 5 heteroatoms. The quantitative estimate of drug-likeness (QED) is 0.803. The van der Waals surface area contributed by atoms with Crippen LogP contribution in [-0.2, 0) is 0 Å². The van der Waals surface area contributed by atoms with Crippen molar-refractivity contribution in [3.63, 3.8) is 0 Å². The Bertz CT molecular complexity index is 333. The Labute approximate surface area is 87.4 Å². The average Bonchev–Trinajstić information content (AvgIpc) is 2.51. The molecule has 0 aliphatic rings. The molecule has 0 unspecified atom stereocenters. The van der Waals surface area contributed by atoms with Crippen LogP contribution in [0.3, 0.4) is 0 Å². The summed E-state index contributed by atoms with van der Waals surface area (Å²) in [6.45, 7) is 4.02. The van der Waals surface area contributed by atoms with Gasteiger partial charge in [-0.1, -0.05) is 0 Å². The van der Waals surface area contributed by atoms with E-state index in [0.29, 0.717) is 12.1 Å². The van der Waals surface area contributed by atoms with Crippen LogP contribution in [0.4, 0.5) is 0 Å². The fourth-order valence-electron chi connectivity index (χ4n) is 0.881. The van der Waals surface area contributed by atoms with Gasteiger partial charge in [0.15, 0.2) is 0 Å². The topological polar surface area (TPSA) is 68.3 Å². The molecule has 0 saturated carbocycles. The van der Waals surface area contributed by atoms with E-state index in [2.05, 4.69) is 5.32 Å². The van der Waals surface area contributed by atoms with E-state index in [9.17, 15) is 4.79 Å². The van der Waals surface area contributed by atoms with E-state index in [-0.39, 0.29) is 11.1 Å². The maximum atomic E-state index is 11.6. The summed E-state index contributed by atoms with van der Waals surface area (Å²) in [5, 5.41) is 2.83. The SMILES string of the molecule is CC(C)(CN)NC(=O)c1ccoc1Cl. The number of nitrogens with one attached hydrogen (secondary N) is 1. The normalized spacial score (nSPS) is 11.4. The lowest BCUT2D eigenvalue weighted by Crippen LogP contribution is -2.48. The van der Waals surface area contributed by atoms with Gasteiger partial charge in [-0.05, 0) is 31.5 Å². The summed E-state index contributed by atoms with van der Waals surface area (Å²) in [4.78, 5) is 11.6. The molecule has 0 radical (unpaired) electrons. The number of hydrogen-bond donors (Lipinski definition) is 2. The standard InChI is InChI=1S/C9H13ClN2O2/c1-9(2,5-11)12-8(13)6-3-4-14-7(6)10/h3-4H,5,11H2,1-2H3,(H,12,13). The van der Waals surface area contributed by atoms with Crippen LogP contribution in [0.1, 0.15) is 24.2 Å². The van der Waals surface area contributed by atoms with E-state index < -0.39 is 5.54 Å². The van der Waals surface area contributed by atoms with Crippen LogP contribution in [0, 0.1) is 0 Å². The number of amides is 1. The largest absolute Gasteiger partial charge is 0.452 e. The van der Waals surface area contributed by atoms with Gasteiger partial charge in [-0.15, -0.1) is 0 Å². The summed E-state index contributed by atoms with van der Waals surface area (Å²) in [6, 6.07) is 1.52. The third-order valence-corrected chi connectivity index (χ3v) is 2.12. The van der Waals surface area contributed by atoms with E-state index >= 15 is 0 Å². The minimum absolute atomic E-state index is 0.0929. The first kappa shape index (κ1) is 11.1. The van der Waals surface area contributed by atoms with Crippen molar-refractivity contribution in [2.75, 3.05) is 6.54 Å². The predicted molar refractivity (Wildman–Crippen MR) is 54.3 cm³/mol. The summed E-state index contributed by atoms with van der Waals surface area (Å²) < 4.78 is 4.81. The van der Waals surface area contributed by atoms with E-state index in [1.165, 1.54) is 12.3 Å². The van der Waals surface area contributed by atoms with Crippen LogP contribution in [0.25, 0.3) is 0 Å². The summed E-state index contributed by atoms with van der Waals surface area (Å²) in [5.41, 5.74) is 5.36. The molecular formula is C9H13ClN2O2. The lowest BCUT2D eigenvalue weighted by atomic mass is 10.1. The highest BCUT2D eigenvalue weighted by Crippen LogP contribution is 2.17. The molecule has 0 saturated heterocycles. The van der Waals surface area contributed by atoms with Crippen LogP contribution in [0.15, 0.2) is 16.7 Å². The van der Waals surface area contributed by atoms with Crippen molar-refractivity contribution in [1.82, 2.24) is 5.32 Å². The Hall–Kier alpha value is -1.00. The Morgan fingerprint density at radius 1 is 1.71 bits per heavy atom. The zero-order valence-electron chi connectivity index (χ0n) is 8.13. The van der Waals surface area contributed by atoms with Crippen LogP contribution in [0.2, 0.25) is 5.22 Å². The van der Waals surface area contributed by atoms with E-state index in [1.807, 2.05) is 13.8 Å². The van der Waals surface area contributed by atoms with Crippen molar-refractivity contribution in [2.24, 2.45) is 5.73 Å². The lowest BCUT2D eigenvalue weighted by Gasteiger charge is -2.23. The monoisotopic (exact) mass is 216 g/mol. The molecule has 0 atom stereocenters. The fourth-order valence-corrected chi connectivity index (χ4v) is 1.08. The van der Waals surface area contributed by atoms with E-state index in [4.69, 9.17) is 21.8 Å². The van der Waals surface area contributed by atoms with Gasteiger partial charge >= 0.3 is 0 Å². The van der Waals surface area contributed by atoms with Gasteiger partial charge in [0, 0.05) is 12.1 Å². The van der Waals surface area contributed by atoms with Crippen LogP contribution in [0.5, 0.6) is 0 Å². The average molecular weight is 217 g/mol. The van der Waals surface area contributed by atoms with Gasteiger partial charge in [0.1, 0.15) is 0 Å². The van der Waals surface area contributed by atoms with Crippen molar-refractivity contribution in [3.8, 4) is 0 Å². The van der Waals surface area contributed by atoms with Crippen LogP contribution < -0.4 is 11.1 Å². The molecule has 14 heavy (non-hydrogen) atoms. The molecule has 0 bridgehead atoms. The Balaban J connectivity index is 2.73. The Morgan fingerprint density at radius 2 is 2.36 bits per heavy atom. The first-order chi connectivity index (χ1) is 6.46. The summed E-state index contributed by atoms with van der Waals surface area (Å²) in [7, 11) is 0. The molecule has 1 amide bonds. The van der Waals surface area contributed by atoms with Crippen molar-refractivity contribution in [1.29, 1.82) is 0 Å². The zero-order chi connectivity index (χ0) is 10.8. The highest BCUT2D eigenvalue weighted by Gasteiger charge is 2.21. The van der Waals surface area contributed by atoms with Crippen LogP contribution >= 0.6 is 11.6 Å². The molecule has 0 aliphatic heterocycles. The summed E-state index contributed by atoms with van der Waals surface area (Å²) in [5.74, 6) is -0.279. The summed E-state index contributed by atoms with van der Waals surface area (Å²) >= 11 is 5.65. The second kappa shape index (κ2) is 4.02. The maximum Gasteiger partial charge on any atom is 0.256 e. The van der Waals surface area contributed by atoms with Gasteiger partial charge in [0.2, 0.25) is 5.22 Å². The molecule has 0 aromatic carbocycles. The van der Waals surface area contributed by atoms with Crippen molar-refractivity contribution in [3.05, 3.63) is 23.1 Å². The Morgan fingerprint density at radius 3 is 2.79 bits per heavy atom. The Kier molecular flexibility index (Phi) is 3.18. The fraction of sp³-hybridized carbons (Fsp3) is 0.444. The molecule has 1 aromatic rings. The second-order valence-electron chi connectivity index (χ2n) is 3.65. The van der Waals surface area contributed by atoms with Gasteiger partial charge in [-0.3, -0.25) is 4.79 Å². The number of halogens is 1. The predicted octanol–water partition coefficient (Wildman–Crippen LogP) is 1.40. The molecule has 3 N–H and O–H groups in total. The molecule has 1 aromatic heterocycles. The second-order valence-corrected chi connectivity index (χ2v) is 3.99. The molecule has 0 aliphatic carbocycles. The number of nitrogens with two attached hydrogens (primary N) is 1. The lowest BCUT2D eigenvalue weighted by molar-refractivity contribution is 0.0915. The van der Waals surface area contributed by atoms with Crippen LogP contribution in [-0.4, -0.2) is 18.0 Å².